The van der Waals surface area contributed by atoms with Crippen LogP contribution in [0.2, 0.25) is 0 Å². The highest BCUT2D eigenvalue weighted by Crippen LogP contribution is 2.26. The van der Waals surface area contributed by atoms with Gasteiger partial charge >= 0.3 is 0 Å². The Balaban J connectivity index is 1.51. The van der Waals surface area contributed by atoms with Crippen LogP contribution in [0.5, 0.6) is 0 Å². The third kappa shape index (κ3) is 3.29. The van der Waals surface area contributed by atoms with Crippen LogP contribution in [0, 0.1) is 0 Å². The molecule has 0 atom stereocenters. The Labute approximate surface area is 152 Å². The molecule has 138 valence electrons. The monoisotopic (exact) mass is 357 g/mol. The summed E-state index contributed by atoms with van der Waals surface area (Å²) in [6.45, 7) is 6.29. The summed E-state index contributed by atoms with van der Waals surface area (Å²) in [5, 5.41) is 3.94. The first-order valence-electron chi connectivity index (χ1n) is 9.16. The lowest BCUT2D eigenvalue weighted by atomic mass is 10.0. The Hall–Kier alpha value is -2.48. The van der Waals surface area contributed by atoms with Gasteiger partial charge in [0.15, 0.2) is 5.69 Å². The molecule has 8 nitrogen and oxygen atoms in total. The second-order valence-electron chi connectivity index (χ2n) is 6.63. The lowest BCUT2D eigenvalue weighted by molar-refractivity contribution is 0.0721. The van der Waals surface area contributed by atoms with Gasteiger partial charge in [0, 0.05) is 37.7 Å². The van der Waals surface area contributed by atoms with Crippen LogP contribution in [-0.4, -0.2) is 58.8 Å². The fraction of sp³-hybridized carbons (Fsp3) is 0.556. The number of hydrogen-bond acceptors (Lipinski definition) is 7. The first kappa shape index (κ1) is 17.0. The van der Waals surface area contributed by atoms with Crippen molar-refractivity contribution < 1.29 is 14.1 Å². The molecule has 0 radical (unpaired) electrons. The maximum absolute atomic E-state index is 12.7. The number of ether oxygens (including phenoxy) is 1. The average molecular weight is 357 g/mol. The number of aromatic nitrogens is 3. The van der Waals surface area contributed by atoms with Gasteiger partial charge in [-0.15, -0.1) is 0 Å². The van der Waals surface area contributed by atoms with Crippen molar-refractivity contribution in [1.82, 2.24) is 20.0 Å². The van der Waals surface area contributed by atoms with E-state index >= 15 is 0 Å². The van der Waals surface area contributed by atoms with Crippen molar-refractivity contribution in [1.29, 1.82) is 0 Å². The van der Waals surface area contributed by atoms with Crippen LogP contribution in [0.25, 0.3) is 0 Å². The van der Waals surface area contributed by atoms with Crippen molar-refractivity contribution in [3.05, 3.63) is 35.1 Å². The minimum absolute atomic E-state index is 0.103. The van der Waals surface area contributed by atoms with Gasteiger partial charge in [-0.25, -0.2) is 9.97 Å². The Bertz CT molecular complexity index is 785. The number of aryl methyl sites for hydroxylation is 1. The van der Waals surface area contributed by atoms with Crippen molar-refractivity contribution in [2.24, 2.45) is 0 Å². The third-order valence-corrected chi connectivity index (χ3v) is 4.86. The van der Waals surface area contributed by atoms with Crippen molar-refractivity contribution in [2.45, 2.75) is 32.7 Å². The molecule has 0 spiro atoms. The number of anilines is 1. The molecular formula is C18H23N5O3. The van der Waals surface area contributed by atoms with Crippen LogP contribution in [0.4, 0.5) is 5.82 Å². The molecule has 2 aromatic rings. The Morgan fingerprint density at radius 3 is 2.88 bits per heavy atom. The number of nitrogens with zero attached hydrogens (tertiary/aromatic N) is 5. The van der Waals surface area contributed by atoms with E-state index in [4.69, 9.17) is 9.26 Å². The van der Waals surface area contributed by atoms with E-state index in [-0.39, 0.29) is 5.91 Å². The van der Waals surface area contributed by atoms with E-state index in [1.165, 1.54) is 0 Å². The van der Waals surface area contributed by atoms with Gasteiger partial charge in [-0.05, 0) is 12.8 Å². The molecule has 4 rings (SSSR count). The maximum Gasteiger partial charge on any atom is 0.276 e. The van der Waals surface area contributed by atoms with Crippen molar-refractivity contribution >= 4 is 11.7 Å². The van der Waals surface area contributed by atoms with Gasteiger partial charge in [-0.2, -0.15) is 0 Å². The predicted molar refractivity (Wildman–Crippen MR) is 94.0 cm³/mol. The van der Waals surface area contributed by atoms with E-state index in [1.54, 1.807) is 17.3 Å². The zero-order chi connectivity index (χ0) is 17.9. The first-order valence-corrected chi connectivity index (χ1v) is 9.16. The molecule has 0 saturated carbocycles. The summed E-state index contributed by atoms with van der Waals surface area (Å²) in [7, 11) is 0. The quantitative estimate of drug-likeness (QED) is 0.819. The minimum atomic E-state index is -0.103. The number of carbonyl (C=O) groups is 1. The SMILES string of the molecule is CCCc1cc(C(=O)N2CCc3c(ncnc3N3CCOCC3)C2)no1. The second kappa shape index (κ2) is 7.41. The second-order valence-corrected chi connectivity index (χ2v) is 6.63. The third-order valence-electron chi connectivity index (χ3n) is 4.86. The highest BCUT2D eigenvalue weighted by molar-refractivity contribution is 5.92. The lowest BCUT2D eigenvalue weighted by Crippen LogP contribution is -2.40. The van der Waals surface area contributed by atoms with Crippen LogP contribution in [0.3, 0.4) is 0 Å². The minimum Gasteiger partial charge on any atom is -0.378 e. The van der Waals surface area contributed by atoms with Gasteiger partial charge in [-0.1, -0.05) is 12.1 Å². The largest absolute Gasteiger partial charge is 0.378 e. The van der Waals surface area contributed by atoms with Crippen LogP contribution in [0.15, 0.2) is 16.9 Å². The zero-order valence-electron chi connectivity index (χ0n) is 15.0. The molecule has 4 heterocycles. The number of amides is 1. The molecule has 2 aromatic heterocycles. The topological polar surface area (TPSA) is 84.6 Å². The van der Waals surface area contributed by atoms with Crippen molar-refractivity contribution in [3.8, 4) is 0 Å². The van der Waals surface area contributed by atoms with Gasteiger partial charge in [0.25, 0.3) is 5.91 Å². The highest BCUT2D eigenvalue weighted by atomic mass is 16.5. The molecule has 0 N–H and O–H groups in total. The summed E-state index contributed by atoms with van der Waals surface area (Å²) in [5.74, 6) is 1.63. The summed E-state index contributed by atoms with van der Waals surface area (Å²) in [6, 6.07) is 1.75. The first-order chi connectivity index (χ1) is 12.8. The summed E-state index contributed by atoms with van der Waals surface area (Å²) in [5.41, 5.74) is 2.43. The number of carbonyl (C=O) groups excluding carboxylic acids is 1. The Kier molecular flexibility index (Phi) is 4.83. The average Bonchev–Trinajstić information content (AvgIpc) is 3.16. The molecule has 0 aromatic carbocycles. The number of morpholine rings is 1. The molecule has 1 saturated heterocycles. The molecule has 0 aliphatic carbocycles. The molecule has 0 bridgehead atoms. The van der Waals surface area contributed by atoms with Gasteiger partial charge < -0.3 is 19.1 Å². The van der Waals surface area contributed by atoms with Crippen LogP contribution < -0.4 is 4.90 Å². The molecule has 0 unspecified atom stereocenters. The van der Waals surface area contributed by atoms with Crippen LogP contribution in [-0.2, 0) is 24.1 Å². The van der Waals surface area contributed by atoms with Crippen molar-refractivity contribution in [2.75, 3.05) is 37.7 Å². The smallest absolute Gasteiger partial charge is 0.276 e. The van der Waals surface area contributed by atoms with Crippen LogP contribution in [0.1, 0.15) is 40.9 Å². The molecule has 1 amide bonds. The van der Waals surface area contributed by atoms with Crippen molar-refractivity contribution in [3.63, 3.8) is 0 Å². The summed E-state index contributed by atoms with van der Waals surface area (Å²) in [6.07, 6.45) is 4.09. The predicted octanol–water partition coefficient (Wildman–Crippen LogP) is 1.45. The van der Waals surface area contributed by atoms with E-state index in [2.05, 4.69) is 26.9 Å². The fourth-order valence-corrected chi connectivity index (χ4v) is 3.50. The normalized spacial score (nSPS) is 17.3. The fourth-order valence-electron chi connectivity index (χ4n) is 3.50. The van der Waals surface area contributed by atoms with Gasteiger partial charge in [0.05, 0.1) is 25.5 Å². The van der Waals surface area contributed by atoms with Gasteiger partial charge in [-0.3, -0.25) is 4.79 Å². The highest BCUT2D eigenvalue weighted by Gasteiger charge is 2.28. The number of hydrogen-bond donors (Lipinski definition) is 0. The summed E-state index contributed by atoms with van der Waals surface area (Å²) in [4.78, 5) is 25.7. The van der Waals surface area contributed by atoms with Gasteiger partial charge in [0.1, 0.15) is 17.9 Å². The van der Waals surface area contributed by atoms with E-state index in [0.717, 1.165) is 68.4 Å². The molecule has 2 aliphatic heterocycles. The molecule has 8 heteroatoms. The Morgan fingerprint density at radius 2 is 2.08 bits per heavy atom. The number of fused-ring (bicyclic) bond motifs is 1. The maximum atomic E-state index is 12.7. The zero-order valence-corrected chi connectivity index (χ0v) is 15.0. The summed E-state index contributed by atoms with van der Waals surface area (Å²) < 4.78 is 10.7. The lowest BCUT2D eigenvalue weighted by Gasteiger charge is -2.33. The molecular weight excluding hydrogens is 334 g/mol. The van der Waals surface area contributed by atoms with E-state index < -0.39 is 0 Å². The molecule has 2 aliphatic rings. The molecule has 26 heavy (non-hydrogen) atoms. The van der Waals surface area contributed by atoms with E-state index in [0.29, 0.717) is 18.8 Å². The van der Waals surface area contributed by atoms with Crippen LogP contribution >= 0.6 is 0 Å². The Morgan fingerprint density at radius 1 is 1.23 bits per heavy atom. The van der Waals surface area contributed by atoms with E-state index in [9.17, 15) is 4.79 Å². The van der Waals surface area contributed by atoms with E-state index in [1.807, 2.05) is 0 Å². The molecule has 1 fully saturated rings. The summed E-state index contributed by atoms with van der Waals surface area (Å²) >= 11 is 0. The van der Waals surface area contributed by atoms with Gasteiger partial charge in [0.2, 0.25) is 0 Å². The number of rotatable bonds is 4. The standard InChI is InChI=1S/C18H23N5O3/c1-2-3-13-10-15(21-26-13)18(24)23-5-4-14-16(11-23)19-12-20-17(14)22-6-8-25-9-7-22/h10,12H,2-9,11H2,1H3.